The Hall–Kier alpha value is -1.85. The lowest BCUT2D eigenvalue weighted by Crippen LogP contribution is -2.17. The number of hydrogen-bond donors (Lipinski definition) is 2. The number of ether oxygens (including phenoxy) is 1. The van der Waals surface area contributed by atoms with Crippen LogP contribution in [0, 0.1) is 11.8 Å². The standard InChI is InChI=1S/C22H29ClO5/c23-17-6-5-7-19(14-17)28-15-18(24)12-10-16-11-13-21(25)20(16)8-3-1-2-4-9-22(26)27/h5-7,10,12,14,16,18,20,24H,1-4,8-9,11,13,15H2,(H,26,27)/b12-10+/t16-,18+,20+/m0/s1. The summed E-state index contributed by atoms with van der Waals surface area (Å²) >= 11 is 5.91. The number of ketones is 1. The number of benzene rings is 1. The van der Waals surface area contributed by atoms with Crippen molar-refractivity contribution in [3.63, 3.8) is 0 Å². The largest absolute Gasteiger partial charge is 0.491 e. The number of aliphatic carboxylic acids is 1. The third-order valence-electron chi connectivity index (χ3n) is 5.11. The van der Waals surface area contributed by atoms with Gasteiger partial charge in [0.25, 0.3) is 0 Å². The fourth-order valence-electron chi connectivity index (χ4n) is 3.60. The van der Waals surface area contributed by atoms with Gasteiger partial charge in [0.2, 0.25) is 0 Å². The van der Waals surface area contributed by atoms with E-state index in [0.717, 1.165) is 32.1 Å². The van der Waals surface area contributed by atoms with Gasteiger partial charge in [-0.25, -0.2) is 0 Å². The van der Waals surface area contributed by atoms with E-state index in [1.807, 2.05) is 6.08 Å². The molecular formula is C22H29ClO5. The van der Waals surface area contributed by atoms with E-state index in [1.54, 1.807) is 30.3 Å². The first-order chi connectivity index (χ1) is 13.5. The molecule has 0 heterocycles. The molecule has 1 aliphatic carbocycles. The smallest absolute Gasteiger partial charge is 0.303 e. The molecule has 5 nitrogen and oxygen atoms in total. The number of hydrogen-bond acceptors (Lipinski definition) is 4. The van der Waals surface area contributed by atoms with Gasteiger partial charge in [-0.05, 0) is 43.4 Å². The molecule has 154 valence electrons. The van der Waals surface area contributed by atoms with E-state index < -0.39 is 12.1 Å². The van der Waals surface area contributed by atoms with Crippen LogP contribution < -0.4 is 4.74 Å². The summed E-state index contributed by atoms with van der Waals surface area (Å²) in [4.78, 5) is 22.7. The monoisotopic (exact) mass is 408 g/mol. The first kappa shape index (κ1) is 22.4. The quantitative estimate of drug-likeness (QED) is 0.388. The summed E-state index contributed by atoms with van der Waals surface area (Å²) in [6.45, 7) is 0.131. The lowest BCUT2D eigenvalue weighted by molar-refractivity contribution is -0.137. The number of halogens is 1. The van der Waals surface area contributed by atoms with Crippen molar-refractivity contribution in [2.75, 3.05) is 6.61 Å². The number of carboxylic acids is 1. The molecular weight excluding hydrogens is 380 g/mol. The van der Waals surface area contributed by atoms with Crippen LogP contribution in [0.4, 0.5) is 0 Å². The van der Waals surface area contributed by atoms with Gasteiger partial charge in [-0.2, -0.15) is 0 Å². The summed E-state index contributed by atoms with van der Waals surface area (Å²) in [7, 11) is 0. The van der Waals surface area contributed by atoms with Gasteiger partial charge in [0.1, 0.15) is 24.2 Å². The maximum absolute atomic E-state index is 12.2. The fourth-order valence-corrected chi connectivity index (χ4v) is 3.78. The highest BCUT2D eigenvalue weighted by Gasteiger charge is 2.32. The van der Waals surface area contributed by atoms with Crippen LogP contribution in [0.1, 0.15) is 51.4 Å². The van der Waals surface area contributed by atoms with E-state index >= 15 is 0 Å². The average Bonchev–Trinajstić information content (AvgIpc) is 3.01. The Morgan fingerprint density at radius 3 is 2.82 bits per heavy atom. The minimum atomic E-state index is -0.755. The number of aliphatic hydroxyl groups excluding tert-OH is 1. The second kappa shape index (κ2) is 11.9. The van der Waals surface area contributed by atoms with Crippen molar-refractivity contribution in [1.29, 1.82) is 0 Å². The van der Waals surface area contributed by atoms with E-state index in [-0.39, 0.29) is 24.9 Å². The number of carbonyl (C=O) groups excluding carboxylic acids is 1. The Morgan fingerprint density at radius 2 is 2.07 bits per heavy atom. The molecule has 1 fully saturated rings. The molecule has 0 spiro atoms. The molecule has 0 aliphatic heterocycles. The van der Waals surface area contributed by atoms with E-state index in [9.17, 15) is 14.7 Å². The summed E-state index contributed by atoms with van der Waals surface area (Å²) in [6, 6.07) is 7.02. The molecule has 0 radical (unpaired) electrons. The summed E-state index contributed by atoms with van der Waals surface area (Å²) in [6.07, 6.45) is 8.83. The summed E-state index contributed by atoms with van der Waals surface area (Å²) in [5.41, 5.74) is 0. The number of unbranched alkanes of at least 4 members (excludes halogenated alkanes) is 3. The van der Waals surface area contributed by atoms with Gasteiger partial charge in [0.15, 0.2) is 0 Å². The third-order valence-corrected chi connectivity index (χ3v) is 5.34. The molecule has 2 N–H and O–H groups in total. The number of allylic oxidation sites excluding steroid dienone is 1. The fraction of sp³-hybridized carbons (Fsp3) is 0.545. The molecule has 1 aliphatic rings. The maximum Gasteiger partial charge on any atom is 0.303 e. The Labute approximate surface area is 171 Å². The average molecular weight is 409 g/mol. The van der Waals surface area contributed by atoms with Gasteiger partial charge in [-0.15, -0.1) is 0 Å². The van der Waals surface area contributed by atoms with Crippen LogP contribution in [-0.2, 0) is 9.59 Å². The van der Waals surface area contributed by atoms with Crippen LogP contribution in [0.3, 0.4) is 0 Å². The summed E-state index contributed by atoms with van der Waals surface area (Å²) in [5, 5.41) is 19.4. The van der Waals surface area contributed by atoms with Crippen molar-refractivity contribution in [3.8, 4) is 5.75 Å². The second-order valence-corrected chi connectivity index (χ2v) is 7.78. The maximum atomic E-state index is 12.2. The highest BCUT2D eigenvalue weighted by atomic mass is 35.5. The molecule has 0 amide bonds. The Morgan fingerprint density at radius 1 is 1.29 bits per heavy atom. The highest BCUT2D eigenvalue weighted by molar-refractivity contribution is 6.30. The number of Topliss-reactive ketones (excluding diaryl/α,β-unsaturated/α-hetero) is 1. The van der Waals surface area contributed by atoms with E-state index in [0.29, 0.717) is 29.4 Å². The zero-order valence-electron chi connectivity index (χ0n) is 16.1. The summed E-state index contributed by atoms with van der Waals surface area (Å²) in [5.74, 6) is 0.319. The van der Waals surface area contributed by atoms with Gasteiger partial charge < -0.3 is 14.9 Å². The topological polar surface area (TPSA) is 83.8 Å². The van der Waals surface area contributed by atoms with Gasteiger partial charge in [0.05, 0.1) is 0 Å². The lowest BCUT2D eigenvalue weighted by Gasteiger charge is -2.16. The first-order valence-electron chi connectivity index (χ1n) is 9.95. The SMILES string of the molecule is O=C(O)CCCCCC[C@H]1C(=O)CC[C@@H]1/C=C/[C@@H](O)COc1cccc(Cl)c1. The van der Waals surface area contributed by atoms with Crippen LogP contribution in [0.15, 0.2) is 36.4 Å². The van der Waals surface area contributed by atoms with Gasteiger partial charge >= 0.3 is 5.97 Å². The van der Waals surface area contributed by atoms with E-state index in [2.05, 4.69) is 0 Å². The molecule has 1 saturated carbocycles. The van der Waals surface area contributed by atoms with Crippen molar-refractivity contribution in [2.45, 2.75) is 57.5 Å². The Bertz CT molecular complexity index is 673. The normalized spacial score (nSPS) is 20.6. The highest BCUT2D eigenvalue weighted by Crippen LogP contribution is 2.34. The second-order valence-electron chi connectivity index (χ2n) is 7.34. The van der Waals surface area contributed by atoms with Crippen molar-refractivity contribution >= 4 is 23.4 Å². The molecule has 1 aromatic carbocycles. The predicted molar refractivity (Wildman–Crippen MR) is 109 cm³/mol. The summed E-state index contributed by atoms with van der Waals surface area (Å²) < 4.78 is 5.54. The molecule has 0 unspecified atom stereocenters. The molecule has 6 heteroatoms. The van der Waals surface area contributed by atoms with Gasteiger partial charge in [-0.1, -0.05) is 49.1 Å². The minimum absolute atomic E-state index is 0.0109. The Balaban J connectivity index is 1.72. The molecule has 0 saturated heterocycles. The molecule has 0 bridgehead atoms. The number of aliphatic hydroxyl groups is 1. The third kappa shape index (κ3) is 8.03. The van der Waals surface area contributed by atoms with Crippen molar-refractivity contribution in [3.05, 3.63) is 41.4 Å². The van der Waals surface area contributed by atoms with Crippen LogP contribution in [0.5, 0.6) is 5.75 Å². The molecule has 0 aromatic heterocycles. The predicted octanol–water partition coefficient (Wildman–Crippen LogP) is 4.66. The molecule has 3 atom stereocenters. The van der Waals surface area contributed by atoms with E-state index in [4.69, 9.17) is 21.4 Å². The van der Waals surface area contributed by atoms with Crippen molar-refractivity contribution < 1.29 is 24.5 Å². The van der Waals surface area contributed by atoms with Crippen LogP contribution in [-0.4, -0.2) is 34.7 Å². The first-order valence-corrected chi connectivity index (χ1v) is 10.3. The zero-order valence-corrected chi connectivity index (χ0v) is 16.8. The van der Waals surface area contributed by atoms with Crippen LogP contribution >= 0.6 is 11.6 Å². The zero-order chi connectivity index (χ0) is 20.4. The van der Waals surface area contributed by atoms with Crippen LogP contribution in [0.25, 0.3) is 0 Å². The van der Waals surface area contributed by atoms with E-state index in [1.165, 1.54) is 0 Å². The number of rotatable bonds is 12. The van der Waals surface area contributed by atoms with Gasteiger partial charge in [0, 0.05) is 23.8 Å². The molecule has 2 rings (SSSR count). The Kier molecular flexibility index (Phi) is 9.51. The number of carbonyl (C=O) groups is 2. The van der Waals surface area contributed by atoms with Crippen molar-refractivity contribution in [1.82, 2.24) is 0 Å². The minimum Gasteiger partial charge on any atom is -0.491 e. The lowest BCUT2D eigenvalue weighted by atomic mass is 9.89. The van der Waals surface area contributed by atoms with Gasteiger partial charge in [-0.3, -0.25) is 9.59 Å². The number of carboxylic acid groups (broad SMARTS) is 1. The van der Waals surface area contributed by atoms with Crippen LogP contribution in [0.2, 0.25) is 5.02 Å². The molecule has 1 aromatic rings. The molecule has 28 heavy (non-hydrogen) atoms. The van der Waals surface area contributed by atoms with Crippen molar-refractivity contribution in [2.24, 2.45) is 11.8 Å².